The average molecular weight is 274 g/mol. The second kappa shape index (κ2) is 5.48. The second-order valence-corrected chi connectivity index (χ2v) is 6.31. The Bertz CT molecular complexity index is 407. The molecule has 1 aliphatic heterocycles. The molecule has 0 bridgehead atoms. The summed E-state index contributed by atoms with van der Waals surface area (Å²) >= 11 is 7.11. The second-order valence-electron chi connectivity index (χ2n) is 4.60. The van der Waals surface area contributed by atoms with Gasteiger partial charge in [0.1, 0.15) is 0 Å². The normalized spacial score (nSPS) is 26.1. The molecule has 0 aromatic carbocycles. The number of hydrogen-bond donors (Lipinski definition) is 1. The van der Waals surface area contributed by atoms with Gasteiger partial charge in [0, 0.05) is 6.54 Å². The molecule has 0 saturated carbocycles. The zero-order valence-electron chi connectivity index (χ0n) is 9.73. The van der Waals surface area contributed by atoms with Gasteiger partial charge in [0.2, 0.25) is 0 Å². The fourth-order valence-corrected chi connectivity index (χ4v) is 2.98. The smallest absolute Gasteiger partial charge is 0.186 e. The molecule has 1 aromatic heterocycles. The molecule has 0 spiro atoms. The van der Waals surface area contributed by atoms with E-state index in [-0.39, 0.29) is 11.9 Å². The maximum Gasteiger partial charge on any atom is 0.186 e. The SMILES string of the molecule is CC1CCN(CC(=O)c2ccc(Cl)s2)CC1O. The zero-order chi connectivity index (χ0) is 12.4. The van der Waals surface area contributed by atoms with Gasteiger partial charge in [-0.05, 0) is 31.0 Å². The molecular formula is C12H16ClNO2S. The highest BCUT2D eigenvalue weighted by Crippen LogP contribution is 2.23. The molecule has 0 radical (unpaired) electrons. The molecular weight excluding hydrogens is 258 g/mol. The summed E-state index contributed by atoms with van der Waals surface area (Å²) in [5.74, 6) is 0.418. The quantitative estimate of drug-likeness (QED) is 0.859. The fourth-order valence-electron chi connectivity index (χ4n) is 2.00. The van der Waals surface area contributed by atoms with E-state index in [1.165, 1.54) is 11.3 Å². The van der Waals surface area contributed by atoms with Gasteiger partial charge in [-0.1, -0.05) is 18.5 Å². The van der Waals surface area contributed by atoms with Crippen molar-refractivity contribution in [3.8, 4) is 0 Å². The number of aliphatic hydroxyl groups excluding tert-OH is 1. The summed E-state index contributed by atoms with van der Waals surface area (Å²) < 4.78 is 0.639. The van der Waals surface area contributed by atoms with Gasteiger partial charge in [-0.15, -0.1) is 11.3 Å². The Balaban J connectivity index is 1.91. The van der Waals surface area contributed by atoms with Crippen LogP contribution in [0.2, 0.25) is 4.34 Å². The molecule has 1 aliphatic rings. The maximum atomic E-state index is 11.9. The minimum Gasteiger partial charge on any atom is -0.392 e. The molecule has 94 valence electrons. The number of Topliss-reactive ketones (excluding diaryl/α,β-unsaturated/α-hetero) is 1. The predicted molar refractivity (Wildman–Crippen MR) is 69.9 cm³/mol. The van der Waals surface area contributed by atoms with E-state index in [0.29, 0.717) is 28.2 Å². The van der Waals surface area contributed by atoms with E-state index in [4.69, 9.17) is 11.6 Å². The number of carbonyl (C=O) groups excluding carboxylic acids is 1. The van der Waals surface area contributed by atoms with E-state index < -0.39 is 0 Å². The highest BCUT2D eigenvalue weighted by atomic mass is 35.5. The van der Waals surface area contributed by atoms with Gasteiger partial charge in [0.15, 0.2) is 5.78 Å². The first-order chi connectivity index (χ1) is 8.06. The van der Waals surface area contributed by atoms with Gasteiger partial charge in [0.05, 0.1) is 21.9 Å². The number of hydrogen-bond acceptors (Lipinski definition) is 4. The van der Waals surface area contributed by atoms with E-state index in [1.807, 2.05) is 11.8 Å². The van der Waals surface area contributed by atoms with Crippen molar-refractivity contribution in [1.29, 1.82) is 0 Å². The number of nitrogens with zero attached hydrogens (tertiary/aromatic N) is 1. The number of rotatable bonds is 3. The van der Waals surface area contributed by atoms with E-state index in [0.717, 1.165) is 13.0 Å². The first-order valence-corrected chi connectivity index (χ1v) is 6.94. The van der Waals surface area contributed by atoms with Crippen molar-refractivity contribution in [2.24, 2.45) is 5.92 Å². The topological polar surface area (TPSA) is 40.5 Å². The first-order valence-electron chi connectivity index (χ1n) is 5.75. The molecule has 1 saturated heterocycles. The van der Waals surface area contributed by atoms with Gasteiger partial charge < -0.3 is 5.11 Å². The van der Waals surface area contributed by atoms with Gasteiger partial charge in [-0.2, -0.15) is 0 Å². The molecule has 0 aliphatic carbocycles. The van der Waals surface area contributed by atoms with Crippen molar-refractivity contribution in [3.05, 3.63) is 21.3 Å². The zero-order valence-corrected chi connectivity index (χ0v) is 11.3. The van der Waals surface area contributed by atoms with Crippen molar-refractivity contribution in [1.82, 2.24) is 4.90 Å². The highest BCUT2D eigenvalue weighted by Gasteiger charge is 2.25. The largest absolute Gasteiger partial charge is 0.392 e. The third-order valence-electron chi connectivity index (χ3n) is 3.22. The lowest BCUT2D eigenvalue weighted by molar-refractivity contribution is 0.0295. The minimum atomic E-state index is -0.316. The van der Waals surface area contributed by atoms with Gasteiger partial charge >= 0.3 is 0 Å². The molecule has 2 atom stereocenters. The van der Waals surface area contributed by atoms with Crippen LogP contribution >= 0.6 is 22.9 Å². The summed E-state index contributed by atoms with van der Waals surface area (Å²) in [6.07, 6.45) is 0.628. The molecule has 0 amide bonds. The Morgan fingerprint density at radius 1 is 1.65 bits per heavy atom. The van der Waals surface area contributed by atoms with Crippen LogP contribution in [0, 0.1) is 5.92 Å². The molecule has 3 nitrogen and oxygen atoms in total. The van der Waals surface area contributed by atoms with E-state index in [2.05, 4.69) is 0 Å². The van der Waals surface area contributed by atoms with E-state index in [9.17, 15) is 9.90 Å². The highest BCUT2D eigenvalue weighted by molar-refractivity contribution is 7.18. The summed E-state index contributed by atoms with van der Waals surface area (Å²) in [5.41, 5.74) is 0. The Kier molecular flexibility index (Phi) is 4.20. The van der Waals surface area contributed by atoms with Crippen LogP contribution in [0.4, 0.5) is 0 Å². The lowest BCUT2D eigenvalue weighted by Crippen LogP contribution is -2.44. The van der Waals surface area contributed by atoms with Gasteiger partial charge in [-0.3, -0.25) is 9.69 Å². The number of piperidine rings is 1. The number of β-amino-alcohol motifs (C(OH)–C–C–N with tert-alkyl or cyclic N) is 1. The number of aliphatic hydroxyl groups is 1. The lowest BCUT2D eigenvalue weighted by Gasteiger charge is -2.33. The number of carbonyl (C=O) groups is 1. The number of likely N-dealkylation sites (tertiary alicyclic amines) is 1. The number of thiophene rings is 1. The Morgan fingerprint density at radius 3 is 3.00 bits per heavy atom. The summed E-state index contributed by atoms with van der Waals surface area (Å²) in [4.78, 5) is 14.7. The number of ketones is 1. The van der Waals surface area contributed by atoms with Crippen molar-refractivity contribution in [2.45, 2.75) is 19.4 Å². The molecule has 1 N–H and O–H groups in total. The maximum absolute atomic E-state index is 11.9. The van der Waals surface area contributed by atoms with E-state index >= 15 is 0 Å². The van der Waals surface area contributed by atoms with Crippen LogP contribution in [0.1, 0.15) is 23.0 Å². The summed E-state index contributed by atoms with van der Waals surface area (Å²) in [5, 5.41) is 9.76. The third kappa shape index (κ3) is 3.28. The van der Waals surface area contributed by atoms with Crippen LogP contribution in [0.3, 0.4) is 0 Å². The molecule has 5 heteroatoms. The molecule has 2 unspecified atom stereocenters. The molecule has 1 aromatic rings. The van der Waals surface area contributed by atoms with E-state index in [1.54, 1.807) is 12.1 Å². The Morgan fingerprint density at radius 2 is 2.41 bits per heavy atom. The molecule has 1 fully saturated rings. The van der Waals surface area contributed by atoms with Crippen molar-refractivity contribution >= 4 is 28.7 Å². The molecule has 2 heterocycles. The van der Waals surface area contributed by atoms with Crippen LogP contribution in [0.15, 0.2) is 12.1 Å². The summed E-state index contributed by atoms with van der Waals surface area (Å²) in [6, 6.07) is 3.50. The first kappa shape index (κ1) is 13.0. The van der Waals surface area contributed by atoms with Crippen molar-refractivity contribution < 1.29 is 9.90 Å². The van der Waals surface area contributed by atoms with Crippen molar-refractivity contribution in [3.63, 3.8) is 0 Å². The standard InChI is InChI=1S/C12H16ClNO2S/c1-8-4-5-14(6-9(8)15)7-10(16)11-2-3-12(13)17-11/h2-3,8-9,15H,4-7H2,1H3. The predicted octanol–water partition coefficient (Wildman–Crippen LogP) is 2.29. The average Bonchev–Trinajstić information content (AvgIpc) is 2.70. The van der Waals surface area contributed by atoms with Gasteiger partial charge in [-0.25, -0.2) is 0 Å². The third-order valence-corrected chi connectivity index (χ3v) is 4.49. The van der Waals surface area contributed by atoms with Crippen LogP contribution in [0.5, 0.6) is 0 Å². The summed E-state index contributed by atoms with van der Waals surface area (Å²) in [7, 11) is 0. The minimum absolute atomic E-state index is 0.0867. The monoisotopic (exact) mass is 273 g/mol. The van der Waals surface area contributed by atoms with Crippen molar-refractivity contribution in [2.75, 3.05) is 19.6 Å². The molecule has 2 rings (SSSR count). The molecule has 17 heavy (non-hydrogen) atoms. The van der Waals surface area contributed by atoms with Crippen LogP contribution in [-0.4, -0.2) is 41.5 Å². The Hall–Kier alpha value is -0.420. The fraction of sp³-hybridized carbons (Fsp3) is 0.583. The van der Waals surface area contributed by atoms with Crippen LogP contribution < -0.4 is 0 Å². The number of halogens is 1. The van der Waals surface area contributed by atoms with Crippen LogP contribution in [0.25, 0.3) is 0 Å². The summed E-state index contributed by atoms with van der Waals surface area (Å²) in [6.45, 7) is 3.89. The van der Waals surface area contributed by atoms with Crippen LogP contribution in [-0.2, 0) is 0 Å². The Labute approximate surface area is 110 Å². The van der Waals surface area contributed by atoms with Gasteiger partial charge in [0.25, 0.3) is 0 Å². The lowest BCUT2D eigenvalue weighted by atomic mass is 9.96.